The lowest BCUT2D eigenvalue weighted by Crippen LogP contribution is -2.36. The maximum Gasteiger partial charge on any atom is 0.316 e. The molecule has 0 aliphatic carbocycles. The third-order valence-electron chi connectivity index (χ3n) is 6.04. The number of para-hydroxylation sites is 2. The molecule has 2 aromatic heterocycles. The molecule has 8 heteroatoms. The first-order chi connectivity index (χ1) is 16.5. The van der Waals surface area contributed by atoms with E-state index >= 15 is 0 Å². The molecule has 34 heavy (non-hydrogen) atoms. The molecule has 0 spiro atoms. The zero-order chi connectivity index (χ0) is 23.8. The number of amides is 1. The van der Waals surface area contributed by atoms with Crippen LogP contribution in [0.25, 0.3) is 22.1 Å². The summed E-state index contributed by atoms with van der Waals surface area (Å²) in [6.07, 6.45) is 0. The van der Waals surface area contributed by atoms with Crippen LogP contribution >= 0.6 is 0 Å². The molecular formula is C26H23N5O3. The molecule has 0 aliphatic rings. The molecule has 0 saturated heterocycles. The summed E-state index contributed by atoms with van der Waals surface area (Å²) >= 11 is 0. The molecule has 3 aromatic carbocycles. The van der Waals surface area contributed by atoms with Gasteiger partial charge in [0.2, 0.25) is 0 Å². The van der Waals surface area contributed by atoms with E-state index in [9.17, 15) is 14.4 Å². The van der Waals surface area contributed by atoms with E-state index in [2.05, 4.69) is 10.3 Å². The van der Waals surface area contributed by atoms with Crippen LogP contribution in [0.4, 0.5) is 0 Å². The number of fused-ring (bicyclic) bond motifs is 2. The number of H-pyrrole nitrogens is 1. The van der Waals surface area contributed by atoms with Gasteiger partial charge in [0, 0.05) is 19.2 Å². The predicted octanol–water partition coefficient (Wildman–Crippen LogP) is 3.12. The third-order valence-corrected chi connectivity index (χ3v) is 6.04. The zero-order valence-corrected chi connectivity index (χ0v) is 18.8. The van der Waals surface area contributed by atoms with E-state index < -0.39 is 17.2 Å². The number of nitrogens with zero attached hydrogens (tertiary/aromatic N) is 3. The van der Waals surface area contributed by atoms with Crippen LogP contribution < -0.4 is 16.4 Å². The van der Waals surface area contributed by atoms with Crippen LogP contribution in [0.3, 0.4) is 0 Å². The minimum atomic E-state index is -0.714. The number of hydrogen-bond acceptors (Lipinski definition) is 4. The van der Waals surface area contributed by atoms with Gasteiger partial charge >= 0.3 is 11.1 Å². The van der Waals surface area contributed by atoms with Crippen LogP contribution in [0.1, 0.15) is 34.7 Å². The van der Waals surface area contributed by atoms with Crippen LogP contribution in [0.5, 0.6) is 0 Å². The Balaban J connectivity index is 1.58. The summed E-state index contributed by atoms with van der Waals surface area (Å²) in [7, 11) is 1.93. The van der Waals surface area contributed by atoms with Crippen molar-refractivity contribution in [3.8, 4) is 0 Å². The van der Waals surface area contributed by atoms with Gasteiger partial charge in [0.15, 0.2) is 0 Å². The lowest BCUT2D eigenvalue weighted by Gasteiger charge is -2.19. The summed E-state index contributed by atoms with van der Waals surface area (Å²) in [6, 6.07) is 21.9. The normalized spacial score (nSPS) is 12.2. The summed E-state index contributed by atoms with van der Waals surface area (Å²) in [5, 5.41) is 3.10. The number of imidazole rings is 1. The van der Waals surface area contributed by atoms with E-state index in [0.717, 1.165) is 16.6 Å². The van der Waals surface area contributed by atoms with Crippen LogP contribution in [0.2, 0.25) is 0 Å². The van der Waals surface area contributed by atoms with Crippen molar-refractivity contribution < 1.29 is 4.79 Å². The first kappa shape index (κ1) is 21.4. The van der Waals surface area contributed by atoms with E-state index in [1.807, 2.05) is 66.2 Å². The fraction of sp³-hybridized carbons (Fsp3) is 0.154. The lowest BCUT2D eigenvalue weighted by atomic mass is 10.1. The van der Waals surface area contributed by atoms with Gasteiger partial charge in [-0.05, 0) is 42.8 Å². The van der Waals surface area contributed by atoms with E-state index in [4.69, 9.17) is 4.98 Å². The maximum absolute atomic E-state index is 13.4. The molecule has 0 saturated carbocycles. The van der Waals surface area contributed by atoms with Gasteiger partial charge in [0.1, 0.15) is 11.9 Å². The van der Waals surface area contributed by atoms with Crippen molar-refractivity contribution in [2.24, 2.45) is 7.05 Å². The molecule has 5 aromatic rings. The number of aromatic amines is 1. The predicted molar refractivity (Wildman–Crippen MR) is 131 cm³/mol. The van der Waals surface area contributed by atoms with Gasteiger partial charge in [-0.1, -0.05) is 42.5 Å². The van der Waals surface area contributed by atoms with Crippen LogP contribution in [-0.2, 0) is 13.6 Å². The molecule has 0 fully saturated rings. The Morgan fingerprint density at radius 2 is 1.74 bits per heavy atom. The average molecular weight is 454 g/mol. The Hall–Kier alpha value is -4.46. The summed E-state index contributed by atoms with van der Waals surface area (Å²) in [6.45, 7) is 2.15. The summed E-state index contributed by atoms with van der Waals surface area (Å²) in [5.74, 6) is 0.382. The number of rotatable bonds is 5. The highest BCUT2D eigenvalue weighted by Gasteiger charge is 2.23. The second-order valence-electron chi connectivity index (χ2n) is 8.07. The van der Waals surface area contributed by atoms with Crippen molar-refractivity contribution in [1.82, 2.24) is 24.4 Å². The SMILES string of the molecule is CCn1c(=O)c(=O)[nH]c2cc(C(=O)NC(c3ccccc3)c3nc4ccccc4n3C)ccc21. The largest absolute Gasteiger partial charge is 0.338 e. The Kier molecular flexibility index (Phi) is 5.33. The fourth-order valence-electron chi connectivity index (χ4n) is 4.31. The van der Waals surface area contributed by atoms with Crippen molar-refractivity contribution in [3.05, 3.63) is 110 Å². The molecule has 8 nitrogen and oxygen atoms in total. The molecule has 0 aliphatic heterocycles. The minimum Gasteiger partial charge on any atom is -0.338 e. The summed E-state index contributed by atoms with van der Waals surface area (Å²) in [5.41, 5.74) is 2.74. The Labute approximate surface area is 194 Å². The molecule has 1 atom stereocenters. The van der Waals surface area contributed by atoms with Gasteiger partial charge in [-0.2, -0.15) is 0 Å². The standard InChI is InChI=1S/C26H23N5O3/c1-3-31-21-14-13-17(15-19(21)28-25(33)26(31)34)24(32)29-22(16-9-5-4-6-10-16)23-27-18-11-7-8-12-20(18)30(23)2/h4-15,22H,3H2,1-2H3,(H,28,33)(H,29,32). The maximum atomic E-state index is 13.4. The van der Waals surface area contributed by atoms with E-state index in [1.165, 1.54) is 4.57 Å². The average Bonchev–Trinajstić information content (AvgIpc) is 3.19. The molecule has 5 rings (SSSR count). The smallest absolute Gasteiger partial charge is 0.316 e. The van der Waals surface area contributed by atoms with Gasteiger partial charge in [0.05, 0.1) is 22.1 Å². The number of hydrogen-bond donors (Lipinski definition) is 2. The van der Waals surface area contributed by atoms with E-state index in [1.54, 1.807) is 25.1 Å². The minimum absolute atomic E-state index is 0.321. The van der Waals surface area contributed by atoms with Gasteiger partial charge < -0.3 is 19.4 Å². The van der Waals surface area contributed by atoms with E-state index in [0.29, 0.717) is 29.0 Å². The first-order valence-corrected chi connectivity index (χ1v) is 11.0. The molecule has 0 bridgehead atoms. The molecule has 2 heterocycles. The van der Waals surface area contributed by atoms with Crippen molar-refractivity contribution in [2.45, 2.75) is 19.5 Å². The van der Waals surface area contributed by atoms with Crippen LogP contribution in [0, 0.1) is 0 Å². The molecule has 1 amide bonds. The molecule has 2 N–H and O–H groups in total. The lowest BCUT2D eigenvalue weighted by molar-refractivity contribution is 0.0941. The molecule has 170 valence electrons. The highest BCUT2D eigenvalue weighted by molar-refractivity contribution is 5.97. The molecular weight excluding hydrogens is 430 g/mol. The van der Waals surface area contributed by atoms with Crippen LogP contribution in [0.15, 0.2) is 82.4 Å². The van der Waals surface area contributed by atoms with Gasteiger partial charge in [-0.3, -0.25) is 14.4 Å². The summed E-state index contributed by atoms with van der Waals surface area (Å²) < 4.78 is 3.37. The van der Waals surface area contributed by atoms with Gasteiger partial charge in [-0.15, -0.1) is 0 Å². The Morgan fingerprint density at radius 3 is 2.47 bits per heavy atom. The number of carbonyl (C=O) groups is 1. The van der Waals surface area contributed by atoms with Crippen molar-refractivity contribution in [1.29, 1.82) is 0 Å². The molecule has 1 unspecified atom stereocenters. The van der Waals surface area contributed by atoms with Gasteiger partial charge in [0.25, 0.3) is 5.91 Å². The quantitative estimate of drug-likeness (QED) is 0.399. The number of nitrogens with one attached hydrogen (secondary N) is 2. The fourth-order valence-corrected chi connectivity index (χ4v) is 4.31. The summed E-state index contributed by atoms with van der Waals surface area (Å²) in [4.78, 5) is 44.9. The number of aryl methyl sites for hydroxylation is 2. The number of benzene rings is 3. The molecule has 0 radical (unpaired) electrons. The number of carbonyl (C=O) groups excluding carboxylic acids is 1. The zero-order valence-electron chi connectivity index (χ0n) is 18.8. The van der Waals surface area contributed by atoms with Crippen molar-refractivity contribution in [3.63, 3.8) is 0 Å². The van der Waals surface area contributed by atoms with Crippen molar-refractivity contribution >= 4 is 28.0 Å². The monoisotopic (exact) mass is 453 g/mol. The third kappa shape index (κ3) is 3.59. The van der Waals surface area contributed by atoms with Crippen molar-refractivity contribution in [2.75, 3.05) is 0 Å². The topological polar surface area (TPSA) is 102 Å². The highest BCUT2D eigenvalue weighted by Crippen LogP contribution is 2.25. The van der Waals surface area contributed by atoms with Crippen LogP contribution in [-0.4, -0.2) is 25.0 Å². The Bertz CT molecular complexity index is 1650. The van der Waals surface area contributed by atoms with Gasteiger partial charge in [-0.25, -0.2) is 4.98 Å². The van der Waals surface area contributed by atoms with E-state index in [-0.39, 0.29) is 5.91 Å². The second-order valence-corrected chi connectivity index (χ2v) is 8.07. The Morgan fingerprint density at radius 1 is 1.00 bits per heavy atom. The highest BCUT2D eigenvalue weighted by atomic mass is 16.2. The number of aromatic nitrogens is 4. The first-order valence-electron chi connectivity index (χ1n) is 11.0. The second kappa shape index (κ2) is 8.47.